The van der Waals surface area contributed by atoms with Crippen LogP contribution in [0.1, 0.15) is 30.3 Å². The molecule has 0 amide bonds. The van der Waals surface area contributed by atoms with Crippen molar-refractivity contribution in [2.75, 3.05) is 21.3 Å². The Hall–Kier alpha value is -3.00. The highest BCUT2D eigenvalue weighted by atomic mass is 16.7. The third-order valence-electron chi connectivity index (χ3n) is 6.42. The van der Waals surface area contributed by atoms with E-state index in [1.54, 1.807) is 6.07 Å². The molecule has 0 aliphatic carbocycles. The van der Waals surface area contributed by atoms with Crippen LogP contribution in [0.15, 0.2) is 24.3 Å². The standard InChI is InChI=1S/C24H30O12/c1-9-17(26)20(29)21(30)24(34-9)36-23-19(28)16-13(32-3)7-11(31-2)8-14(16)35-22(23)10-5-12(25)18(27)15(6-10)33-4/h5-9,17,19-30H,1-4H3/t9-,17-,19+,20+,21+,22+,23+,24-/m0/s1. The van der Waals surface area contributed by atoms with E-state index in [2.05, 4.69) is 0 Å². The highest BCUT2D eigenvalue weighted by Gasteiger charge is 2.48. The Morgan fingerprint density at radius 3 is 2.14 bits per heavy atom. The highest BCUT2D eigenvalue weighted by Crippen LogP contribution is 2.50. The first-order valence-electron chi connectivity index (χ1n) is 11.2. The molecular weight excluding hydrogens is 480 g/mol. The van der Waals surface area contributed by atoms with Crippen molar-refractivity contribution in [1.82, 2.24) is 0 Å². The fourth-order valence-corrected chi connectivity index (χ4v) is 4.40. The summed E-state index contributed by atoms with van der Waals surface area (Å²) in [4.78, 5) is 0. The molecule has 36 heavy (non-hydrogen) atoms. The number of benzene rings is 2. The van der Waals surface area contributed by atoms with Gasteiger partial charge in [0.2, 0.25) is 5.75 Å². The summed E-state index contributed by atoms with van der Waals surface area (Å²) in [7, 11) is 4.16. The Morgan fingerprint density at radius 2 is 1.50 bits per heavy atom. The highest BCUT2D eigenvalue weighted by molar-refractivity contribution is 5.56. The average Bonchev–Trinajstić information content (AvgIpc) is 2.87. The number of aliphatic hydroxyl groups is 4. The van der Waals surface area contributed by atoms with E-state index in [-0.39, 0.29) is 28.4 Å². The Bertz CT molecular complexity index is 1090. The molecule has 0 bridgehead atoms. The summed E-state index contributed by atoms with van der Waals surface area (Å²) in [5, 5.41) is 62.6. The molecule has 2 heterocycles. The summed E-state index contributed by atoms with van der Waals surface area (Å²) in [5.74, 6) is -0.226. The van der Waals surface area contributed by atoms with E-state index in [0.717, 1.165) is 0 Å². The normalized spacial score (nSPS) is 31.8. The van der Waals surface area contributed by atoms with Crippen LogP contribution >= 0.6 is 0 Å². The molecule has 198 valence electrons. The van der Waals surface area contributed by atoms with E-state index < -0.39 is 60.5 Å². The number of methoxy groups -OCH3 is 3. The van der Waals surface area contributed by atoms with Crippen LogP contribution in [0.4, 0.5) is 0 Å². The first-order chi connectivity index (χ1) is 17.1. The van der Waals surface area contributed by atoms with Crippen LogP contribution in [0.3, 0.4) is 0 Å². The van der Waals surface area contributed by atoms with E-state index in [9.17, 15) is 30.6 Å². The SMILES string of the molecule is COc1cc(OC)c2c(c1)O[C@H](c1cc(O)c(O)c(OC)c1)[C@H](O[C@@H]1O[C@@H](C)[C@H](O)[C@@H](O)[C@H]1O)[C@@H]2O. The molecule has 8 atom stereocenters. The van der Waals surface area contributed by atoms with Gasteiger partial charge in [-0.15, -0.1) is 0 Å². The third kappa shape index (κ3) is 4.47. The van der Waals surface area contributed by atoms with E-state index in [4.69, 9.17) is 28.4 Å². The topological polar surface area (TPSA) is 177 Å². The smallest absolute Gasteiger partial charge is 0.200 e. The predicted molar refractivity (Wildman–Crippen MR) is 121 cm³/mol. The number of aliphatic hydroxyl groups excluding tert-OH is 4. The maximum Gasteiger partial charge on any atom is 0.200 e. The van der Waals surface area contributed by atoms with Gasteiger partial charge in [0.25, 0.3) is 0 Å². The minimum absolute atomic E-state index is 0.0584. The summed E-state index contributed by atoms with van der Waals surface area (Å²) >= 11 is 0. The summed E-state index contributed by atoms with van der Waals surface area (Å²) in [6.07, 6.45) is -10.8. The number of fused-ring (bicyclic) bond motifs is 1. The van der Waals surface area contributed by atoms with E-state index in [1.165, 1.54) is 46.5 Å². The van der Waals surface area contributed by atoms with Gasteiger partial charge in [0.05, 0.1) is 33.0 Å². The van der Waals surface area contributed by atoms with Gasteiger partial charge in [-0.3, -0.25) is 0 Å². The molecule has 0 radical (unpaired) electrons. The lowest BCUT2D eigenvalue weighted by Crippen LogP contribution is -2.58. The third-order valence-corrected chi connectivity index (χ3v) is 6.42. The van der Waals surface area contributed by atoms with Crippen molar-refractivity contribution in [1.29, 1.82) is 0 Å². The summed E-state index contributed by atoms with van der Waals surface area (Å²) in [6, 6.07) is 5.69. The van der Waals surface area contributed by atoms with Crippen LogP contribution in [0.5, 0.6) is 34.5 Å². The predicted octanol–water partition coefficient (Wildman–Crippen LogP) is 0.503. The fourth-order valence-electron chi connectivity index (χ4n) is 4.40. The molecule has 6 N–H and O–H groups in total. The van der Waals surface area contributed by atoms with Gasteiger partial charge in [-0.25, -0.2) is 0 Å². The second-order valence-electron chi connectivity index (χ2n) is 8.60. The maximum atomic E-state index is 11.5. The van der Waals surface area contributed by atoms with Gasteiger partial charge >= 0.3 is 0 Å². The van der Waals surface area contributed by atoms with Crippen molar-refractivity contribution in [2.24, 2.45) is 0 Å². The monoisotopic (exact) mass is 510 g/mol. The number of phenols is 2. The number of hydrogen-bond acceptors (Lipinski definition) is 12. The van der Waals surface area contributed by atoms with Gasteiger partial charge in [-0.2, -0.15) is 0 Å². The molecule has 0 spiro atoms. The number of phenolic OH excluding ortho intramolecular Hbond substituents is 2. The Labute approximate surface area is 206 Å². The van der Waals surface area contributed by atoms with Crippen molar-refractivity contribution in [3.05, 3.63) is 35.4 Å². The van der Waals surface area contributed by atoms with Crippen molar-refractivity contribution >= 4 is 0 Å². The zero-order chi connectivity index (χ0) is 26.3. The van der Waals surface area contributed by atoms with Gasteiger partial charge in [-0.05, 0) is 19.1 Å². The summed E-state index contributed by atoms with van der Waals surface area (Å²) in [5.41, 5.74) is 0.478. The lowest BCUT2D eigenvalue weighted by atomic mass is 9.90. The molecule has 2 aromatic carbocycles. The number of ether oxygens (including phenoxy) is 6. The van der Waals surface area contributed by atoms with Crippen LogP contribution in [0.2, 0.25) is 0 Å². The van der Waals surface area contributed by atoms with E-state index in [1.807, 2.05) is 0 Å². The van der Waals surface area contributed by atoms with Gasteiger partial charge in [0.1, 0.15) is 47.8 Å². The molecule has 2 aliphatic rings. The zero-order valence-corrected chi connectivity index (χ0v) is 20.1. The number of rotatable bonds is 6. The minimum Gasteiger partial charge on any atom is -0.504 e. The molecule has 2 aliphatic heterocycles. The second-order valence-corrected chi connectivity index (χ2v) is 8.60. The van der Waals surface area contributed by atoms with Crippen LogP contribution < -0.4 is 18.9 Å². The summed E-state index contributed by atoms with van der Waals surface area (Å²) in [6.45, 7) is 1.49. The molecule has 12 heteroatoms. The van der Waals surface area contributed by atoms with Crippen LogP contribution in [-0.4, -0.2) is 88.8 Å². The largest absolute Gasteiger partial charge is 0.504 e. The lowest BCUT2D eigenvalue weighted by molar-refractivity contribution is -0.319. The molecule has 0 saturated carbocycles. The molecular formula is C24H30O12. The fraction of sp³-hybridized carbons (Fsp3) is 0.500. The maximum absolute atomic E-state index is 11.5. The number of hydrogen-bond donors (Lipinski definition) is 6. The molecule has 0 unspecified atom stereocenters. The quantitative estimate of drug-likeness (QED) is 0.297. The Balaban J connectivity index is 1.81. The van der Waals surface area contributed by atoms with Crippen molar-refractivity contribution in [2.45, 2.75) is 55.9 Å². The summed E-state index contributed by atoms with van der Waals surface area (Å²) < 4.78 is 33.6. The number of aromatic hydroxyl groups is 2. The van der Waals surface area contributed by atoms with Crippen molar-refractivity contribution < 1.29 is 59.1 Å². The lowest BCUT2D eigenvalue weighted by Gasteiger charge is -2.44. The molecule has 1 fully saturated rings. The molecule has 1 saturated heterocycles. The van der Waals surface area contributed by atoms with Gasteiger partial charge < -0.3 is 59.1 Å². The second kappa shape index (κ2) is 10.2. The van der Waals surface area contributed by atoms with Crippen LogP contribution in [-0.2, 0) is 9.47 Å². The van der Waals surface area contributed by atoms with Gasteiger partial charge in [-0.1, -0.05) is 0 Å². The average molecular weight is 510 g/mol. The molecule has 0 aromatic heterocycles. The van der Waals surface area contributed by atoms with Crippen LogP contribution in [0.25, 0.3) is 0 Å². The molecule has 12 nitrogen and oxygen atoms in total. The molecule has 2 aromatic rings. The Kier molecular flexibility index (Phi) is 7.36. The first-order valence-corrected chi connectivity index (χ1v) is 11.2. The minimum atomic E-state index is -1.65. The van der Waals surface area contributed by atoms with E-state index in [0.29, 0.717) is 5.75 Å². The van der Waals surface area contributed by atoms with Gasteiger partial charge in [0.15, 0.2) is 23.9 Å². The van der Waals surface area contributed by atoms with Crippen molar-refractivity contribution in [3.63, 3.8) is 0 Å². The van der Waals surface area contributed by atoms with Crippen molar-refractivity contribution in [3.8, 4) is 34.5 Å². The molecule has 4 rings (SSSR count). The zero-order valence-electron chi connectivity index (χ0n) is 20.1. The Morgan fingerprint density at radius 1 is 0.806 bits per heavy atom. The first kappa shape index (κ1) is 26.1. The van der Waals surface area contributed by atoms with E-state index >= 15 is 0 Å². The van der Waals surface area contributed by atoms with Gasteiger partial charge in [0, 0.05) is 17.7 Å². The van der Waals surface area contributed by atoms with Crippen LogP contribution in [0, 0.1) is 0 Å².